The van der Waals surface area contributed by atoms with Crippen molar-refractivity contribution in [2.75, 3.05) is 20.2 Å². The summed E-state index contributed by atoms with van der Waals surface area (Å²) in [5, 5.41) is 2.49. The van der Waals surface area contributed by atoms with Crippen molar-refractivity contribution in [1.82, 2.24) is 4.90 Å². The lowest BCUT2D eigenvalue weighted by Crippen LogP contribution is -2.19. The lowest BCUT2D eigenvalue weighted by Gasteiger charge is -2.15. The highest BCUT2D eigenvalue weighted by Crippen LogP contribution is 2.53. The fraction of sp³-hybridized carbons (Fsp3) is 0.353. The molecular formula is C17H16N2OS2. The van der Waals surface area contributed by atoms with Crippen molar-refractivity contribution in [3.05, 3.63) is 34.0 Å². The van der Waals surface area contributed by atoms with E-state index in [0.29, 0.717) is 0 Å². The van der Waals surface area contributed by atoms with E-state index >= 15 is 0 Å². The van der Waals surface area contributed by atoms with Crippen LogP contribution in [0.4, 0.5) is 0 Å². The number of ether oxygens (including phenoxy) is 1. The van der Waals surface area contributed by atoms with Crippen LogP contribution in [0.15, 0.2) is 34.2 Å². The molecule has 5 heteroatoms. The first-order valence-corrected chi connectivity index (χ1v) is 9.29. The van der Waals surface area contributed by atoms with Crippen LogP contribution in [0.25, 0.3) is 15.8 Å². The Morgan fingerprint density at radius 1 is 1.27 bits per heavy atom. The van der Waals surface area contributed by atoms with Crippen molar-refractivity contribution >= 4 is 44.0 Å². The molecule has 0 unspecified atom stereocenters. The van der Waals surface area contributed by atoms with Crippen LogP contribution in [0.1, 0.15) is 17.7 Å². The van der Waals surface area contributed by atoms with Crippen LogP contribution in [0.2, 0.25) is 0 Å². The Kier molecular flexibility index (Phi) is 2.82. The number of thioether (sulfide) groups is 1. The Hall–Kier alpha value is -1.46. The van der Waals surface area contributed by atoms with Crippen molar-refractivity contribution in [2.45, 2.75) is 12.8 Å². The van der Waals surface area contributed by atoms with E-state index in [0.717, 1.165) is 24.8 Å². The number of methoxy groups -OCH3 is 1. The zero-order valence-corrected chi connectivity index (χ0v) is 14.0. The minimum absolute atomic E-state index is 0.771. The first-order chi connectivity index (χ1) is 10.8. The summed E-state index contributed by atoms with van der Waals surface area (Å²) in [7, 11) is 1.72. The maximum absolute atomic E-state index is 5.35. The van der Waals surface area contributed by atoms with E-state index in [1.54, 1.807) is 12.0 Å². The minimum atomic E-state index is 0.771. The highest BCUT2D eigenvalue weighted by molar-refractivity contribution is 8.17. The number of nitrogens with zero attached hydrogens (tertiary/aromatic N) is 2. The second-order valence-electron chi connectivity index (χ2n) is 5.92. The Balaban J connectivity index is 1.65. The fourth-order valence-corrected chi connectivity index (χ4v) is 5.68. The van der Waals surface area contributed by atoms with Crippen molar-refractivity contribution < 1.29 is 4.74 Å². The average molecular weight is 328 g/mol. The van der Waals surface area contributed by atoms with E-state index in [-0.39, 0.29) is 0 Å². The van der Waals surface area contributed by atoms with Gasteiger partial charge in [-0.1, -0.05) is 11.8 Å². The predicted octanol–water partition coefficient (Wildman–Crippen LogP) is 4.41. The zero-order valence-electron chi connectivity index (χ0n) is 12.3. The van der Waals surface area contributed by atoms with E-state index < -0.39 is 0 Å². The number of allylic oxidation sites excluding steroid dienone is 1. The van der Waals surface area contributed by atoms with Crippen LogP contribution in [0.3, 0.4) is 0 Å². The van der Waals surface area contributed by atoms with Crippen LogP contribution in [0, 0.1) is 5.92 Å². The summed E-state index contributed by atoms with van der Waals surface area (Å²) >= 11 is 3.80. The number of hydrogen-bond donors (Lipinski definition) is 0. The zero-order chi connectivity index (χ0) is 14.7. The third kappa shape index (κ3) is 1.92. The van der Waals surface area contributed by atoms with Gasteiger partial charge in [-0.25, -0.2) is 0 Å². The smallest absolute Gasteiger partial charge is 0.168 e. The van der Waals surface area contributed by atoms with Crippen molar-refractivity contribution in [3.8, 4) is 5.75 Å². The van der Waals surface area contributed by atoms with E-state index in [4.69, 9.17) is 4.74 Å². The minimum Gasteiger partial charge on any atom is -0.497 e. The van der Waals surface area contributed by atoms with Gasteiger partial charge in [0.15, 0.2) is 5.17 Å². The number of benzene rings is 1. The predicted molar refractivity (Wildman–Crippen MR) is 94.6 cm³/mol. The van der Waals surface area contributed by atoms with E-state index in [1.807, 2.05) is 29.2 Å². The Labute approximate surface area is 137 Å². The van der Waals surface area contributed by atoms with Crippen molar-refractivity contribution in [1.29, 1.82) is 0 Å². The van der Waals surface area contributed by atoms with Crippen LogP contribution >= 0.6 is 23.1 Å². The number of rotatable bonds is 3. The molecule has 0 saturated heterocycles. The van der Waals surface area contributed by atoms with E-state index in [2.05, 4.69) is 28.1 Å². The van der Waals surface area contributed by atoms with E-state index in [1.165, 1.54) is 38.7 Å². The van der Waals surface area contributed by atoms with Crippen LogP contribution in [-0.4, -0.2) is 30.3 Å². The largest absolute Gasteiger partial charge is 0.497 e. The molecule has 3 heterocycles. The number of thiophene rings is 1. The van der Waals surface area contributed by atoms with Gasteiger partial charge >= 0.3 is 0 Å². The number of fused-ring (bicyclic) bond motifs is 2. The molecule has 112 valence electrons. The monoisotopic (exact) mass is 328 g/mol. The third-order valence-corrected chi connectivity index (χ3v) is 6.81. The second-order valence-corrected chi connectivity index (χ2v) is 8.01. The van der Waals surface area contributed by atoms with Crippen LogP contribution in [0.5, 0.6) is 5.75 Å². The second kappa shape index (κ2) is 4.77. The molecule has 5 rings (SSSR count). The highest BCUT2D eigenvalue weighted by atomic mass is 32.2. The molecule has 0 bridgehead atoms. The maximum atomic E-state index is 5.35. The van der Waals surface area contributed by atoms with Gasteiger partial charge in [-0.05, 0) is 48.4 Å². The normalized spacial score (nSPS) is 20.8. The first-order valence-electron chi connectivity index (χ1n) is 7.65. The topological polar surface area (TPSA) is 24.8 Å². The lowest BCUT2D eigenvalue weighted by molar-refractivity contribution is 0.415. The molecular weight excluding hydrogens is 312 g/mol. The molecule has 0 radical (unpaired) electrons. The molecule has 1 aromatic carbocycles. The van der Waals surface area contributed by atoms with Gasteiger partial charge in [-0.2, -0.15) is 0 Å². The average Bonchev–Trinajstić information content (AvgIpc) is 2.98. The summed E-state index contributed by atoms with van der Waals surface area (Å²) in [6.45, 7) is 1.97. The van der Waals surface area contributed by atoms with Crippen LogP contribution in [-0.2, 0) is 0 Å². The molecule has 1 aromatic heterocycles. The number of amidine groups is 1. The molecule has 0 spiro atoms. The Morgan fingerprint density at radius 3 is 3.00 bits per heavy atom. The summed E-state index contributed by atoms with van der Waals surface area (Å²) in [6.07, 6.45) is 2.68. The summed E-state index contributed by atoms with van der Waals surface area (Å²) < 4.78 is 6.68. The molecule has 0 atom stereocenters. The fourth-order valence-electron chi connectivity index (χ4n) is 3.14. The summed E-state index contributed by atoms with van der Waals surface area (Å²) in [4.78, 5) is 10.0. The van der Waals surface area contributed by atoms with Crippen LogP contribution < -0.4 is 4.74 Å². The molecule has 0 N–H and O–H groups in total. The molecule has 3 aliphatic rings. The summed E-state index contributed by atoms with van der Waals surface area (Å²) in [5.74, 6) is 1.70. The molecule has 2 aromatic rings. The molecule has 1 saturated carbocycles. The molecule has 3 nitrogen and oxygen atoms in total. The summed E-state index contributed by atoms with van der Waals surface area (Å²) in [6, 6.07) is 8.67. The van der Waals surface area contributed by atoms with Gasteiger partial charge in [0.05, 0.1) is 24.2 Å². The molecule has 1 aliphatic carbocycles. The van der Waals surface area contributed by atoms with Gasteiger partial charge in [0.25, 0.3) is 0 Å². The standard InChI is InChI=1S/C17H16N2OS2/c1-20-12-4-5-13-11(8-12)9-14(21-13)15-16(10-2-3-10)22-17-18-6-7-19(15)17/h4-5,8-10H,2-3,6-7H2,1H3. The van der Waals surface area contributed by atoms with Gasteiger partial charge < -0.3 is 9.64 Å². The number of aliphatic imine (C=N–C) groups is 1. The molecule has 2 aliphatic heterocycles. The Bertz CT molecular complexity index is 832. The molecule has 22 heavy (non-hydrogen) atoms. The van der Waals surface area contributed by atoms with Gasteiger partial charge in [0, 0.05) is 16.1 Å². The number of hydrogen-bond acceptors (Lipinski definition) is 5. The van der Waals surface area contributed by atoms with Crippen molar-refractivity contribution in [2.24, 2.45) is 10.9 Å². The summed E-state index contributed by atoms with van der Waals surface area (Å²) in [5.41, 5.74) is 1.43. The third-order valence-electron chi connectivity index (χ3n) is 4.41. The SMILES string of the molecule is COc1ccc2sc(C3=C(C4CC4)SC4=NCCN43)cc2c1. The van der Waals surface area contributed by atoms with E-state index in [9.17, 15) is 0 Å². The van der Waals surface area contributed by atoms with Gasteiger partial charge in [0.1, 0.15) is 5.75 Å². The lowest BCUT2D eigenvalue weighted by atomic mass is 10.2. The molecule has 0 amide bonds. The maximum Gasteiger partial charge on any atom is 0.168 e. The van der Waals surface area contributed by atoms with Gasteiger partial charge in [-0.15, -0.1) is 11.3 Å². The van der Waals surface area contributed by atoms with Gasteiger partial charge in [0.2, 0.25) is 0 Å². The van der Waals surface area contributed by atoms with Gasteiger partial charge in [-0.3, -0.25) is 4.99 Å². The molecule has 1 fully saturated rings. The van der Waals surface area contributed by atoms with Crippen molar-refractivity contribution in [3.63, 3.8) is 0 Å². The Morgan fingerprint density at radius 2 is 2.18 bits per heavy atom. The quantitative estimate of drug-likeness (QED) is 0.834. The first kappa shape index (κ1) is 13.0. The highest BCUT2D eigenvalue weighted by Gasteiger charge is 2.40.